The summed E-state index contributed by atoms with van der Waals surface area (Å²) in [6.07, 6.45) is 0.431. The Hall–Kier alpha value is -3.12. The lowest BCUT2D eigenvalue weighted by atomic mass is 10.0. The third-order valence-electron chi connectivity index (χ3n) is 5.40. The van der Waals surface area contributed by atoms with Crippen molar-refractivity contribution in [3.8, 4) is 0 Å². The Morgan fingerprint density at radius 1 is 0.909 bits per heavy atom. The molecule has 0 fully saturated rings. The molecule has 1 atom stereocenters. The molecule has 0 aliphatic carbocycles. The Bertz CT molecular complexity index is 1040. The molecule has 2 amide bonds. The predicted molar refractivity (Wildman–Crippen MR) is 132 cm³/mol. The summed E-state index contributed by atoms with van der Waals surface area (Å²) >= 11 is 1.46. The number of thioether (sulfide) groups is 1. The van der Waals surface area contributed by atoms with E-state index in [2.05, 4.69) is 5.32 Å². The highest BCUT2D eigenvalue weighted by molar-refractivity contribution is 7.99. The number of nitrogens with zero attached hydrogens (tertiary/aromatic N) is 1. The van der Waals surface area contributed by atoms with Crippen molar-refractivity contribution < 1.29 is 14.0 Å². The van der Waals surface area contributed by atoms with Gasteiger partial charge in [0.15, 0.2) is 0 Å². The molecule has 0 saturated carbocycles. The zero-order valence-corrected chi connectivity index (χ0v) is 19.8. The van der Waals surface area contributed by atoms with Gasteiger partial charge in [0, 0.05) is 25.8 Å². The van der Waals surface area contributed by atoms with E-state index in [9.17, 15) is 14.0 Å². The highest BCUT2D eigenvalue weighted by Gasteiger charge is 2.29. The summed E-state index contributed by atoms with van der Waals surface area (Å²) in [5.41, 5.74) is 4.05. The number of halogens is 1. The molecule has 6 heteroatoms. The number of aryl methyl sites for hydroxylation is 1. The predicted octanol–water partition coefficient (Wildman–Crippen LogP) is 4.75. The van der Waals surface area contributed by atoms with Gasteiger partial charge in [0.25, 0.3) is 0 Å². The Kier molecular flexibility index (Phi) is 9.07. The van der Waals surface area contributed by atoms with Gasteiger partial charge in [-0.3, -0.25) is 9.59 Å². The van der Waals surface area contributed by atoms with E-state index in [1.165, 1.54) is 23.9 Å². The van der Waals surface area contributed by atoms with Crippen LogP contribution in [-0.4, -0.2) is 35.6 Å². The van der Waals surface area contributed by atoms with Gasteiger partial charge in [-0.1, -0.05) is 72.3 Å². The first-order valence-electron chi connectivity index (χ1n) is 10.9. The van der Waals surface area contributed by atoms with Crippen LogP contribution in [0.4, 0.5) is 4.39 Å². The van der Waals surface area contributed by atoms with Crippen molar-refractivity contribution in [2.24, 2.45) is 0 Å². The lowest BCUT2D eigenvalue weighted by molar-refractivity contribution is -0.139. The molecule has 0 bridgehead atoms. The Balaban J connectivity index is 1.79. The molecule has 33 heavy (non-hydrogen) atoms. The normalized spacial score (nSPS) is 11.6. The van der Waals surface area contributed by atoms with Gasteiger partial charge in [-0.15, -0.1) is 11.8 Å². The summed E-state index contributed by atoms with van der Waals surface area (Å²) in [6.45, 7) is 2.36. The second kappa shape index (κ2) is 12.2. The van der Waals surface area contributed by atoms with E-state index in [1.54, 1.807) is 24.1 Å². The fourth-order valence-corrected chi connectivity index (χ4v) is 4.40. The summed E-state index contributed by atoms with van der Waals surface area (Å²) in [4.78, 5) is 27.9. The van der Waals surface area contributed by atoms with Gasteiger partial charge >= 0.3 is 0 Å². The number of rotatable bonds is 10. The monoisotopic (exact) mass is 464 g/mol. The molecule has 4 nitrogen and oxygen atoms in total. The van der Waals surface area contributed by atoms with E-state index < -0.39 is 6.04 Å². The number of carbonyl (C=O) groups is 2. The zero-order valence-electron chi connectivity index (χ0n) is 19.0. The van der Waals surface area contributed by atoms with Gasteiger partial charge in [0.2, 0.25) is 11.8 Å². The smallest absolute Gasteiger partial charge is 0.242 e. The summed E-state index contributed by atoms with van der Waals surface area (Å²) in [5, 5.41) is 2.73. The number of likely N-dealkylation sites (N-methyl/N-ethyl adjacent to an activating group) is 1. The molecule has 0 aliphatic heterocycles. The molecule has 172 valence electrons. The molecular formula is C27H29FN2O2S. The number of nitrogens with one attached hydrogen (secondary N) is 1. The molecule has 0 aliphatic rings. The van der Waals surface area contributed by atoms with Gasteiger partial charge in [0.05, 0.1) is 5.75 Å². The molecule has 0 aromatic heterocycles. The average molecular weight is 465 g/mol. The molecule has 0 heterocycles. The van der Waals surface area contributed by atoms with Crippen molar-refractivity contribution in [1.82, 2.24) is 10.2 Å². The van der Waals surface area contributed by atoms with E-state index in [0.717, 1.165) is 22.3 Å². The van der Waals surface area contributed by atoms with E-state index >= 15 is 0 Å². The molecule has 3 aromatic carbocycles. The van der Waals surface area contributed by atoms with E-state index in [-0.39, 0.29) is 23.4 Å². The standard InChI is InChI=1S/C27H29FN2O2S/c1-20-8-10-22(11-9-20)17-30(25(27(32)29-2)16-21-6-4-3-5-7-21)26(31)19-33-18-23-12-14-24(28)15-13-23/h3-15,25H,16-19H2,1-2H3,(H,29,32)/t25-/m0/s1. The topological polar surface area (TPSA) is 49.4 Å². The molecule has 0 radical (unpaired) electrons. The zero-order chi connectivity index (χ0) is 23.6. The number of hydrogen-bond acceptors (Lipinski definition) is 3. The Labute approximate surface area is 199 Å². The van der Waals surface area contributed by atoms with Crippen LogP contribution >= 0.6 is 11.8 Å². The van der Waals surface area contributed by atoms with Crippen molar-refractivity contribution in [1.29, 1.82) is 0 Å². The third-order valence-corrected chi connectivity index (χ3v) is 6.39. The van der Waals surface area contributed by atoms with Crippen LogP contribution in [0, 0.1) is 12.7 Å². The maximum atomic E-state index is 13.4. The fraction of sp³-hybridized carbons (Fsp3) is 0.259. The average Bonchev–Trinajstić information content (AvgIpc) is 2.83. The van der Waals surface area contributed by atoms with Gasteiger partial charge in [0.1, 0.15) is 11.9 Å². The quantitative estimate of drug-likeness (QED) is 0.471. The van der Waals surface area contributed by atoms with E-state index in [0.29, 0.717) is 18.7 Å². The van der Waals surface area contributed by atoms with Gasteiger partial charge < -0.3 is 10.2 Å². The summed E-state index contributed by atoms with van der Waals surface area (Å²) < 4.78 is 13.1. The number of benzene rings is 3. The minimum Gasteiger partial charge on any atom is -0.357 e. The summed E-state index contributed by atoms with van der Waals surface area (Å²) in [5.74, 6) is 0.243. The lowest BCUT2D eigenvalue weighted by Crippen LogP contribution is -2.50. The number of carbonyl (C=O) groups excluding carboxylic acids is 2. The van der Waals surface area contributed by atoms with Crippen molar-refractivity contribution in [2.45, 2.75) is 31.7 Å². The van der Waals surface area contributed by atoms with Gasteiger partial charge in [-0.05, 0) is 35.7 Å². The van der Waals surface area contributed by atoms with Crippen LogP contribution in [0.2, 0.25) is 0 Å². The first-order valence-corrected chi connectivity index (χ1v) is 12.0. The molecule has 0 unspecified atom stereocenters. The van der Waals surface area contributed by atoms with Gasteiger partial charge in [-0.25, -0.2) is 4.39 Å². The van der Waals surface area contributed by atoms with Crippen LogP contribution in [0.1, 0.15) is 22.3 Å². The number of amides is 2. The first-order chi connectivity index (χ1) is 16.0. The third kappa shape index (κ3) is 7.46. The minimum absolute atomic E-state index is 0.104. The minimum atomic E-state index is -0.627. The maximum Gasteiger partial charge on any atom is 0.242 e. The van der Waals surface area contributed by atoms with Crippen LogP contribution in [-0.2, 0) is 28.3 Å². The molecular weight excluding hydrogens is 435 g/mol. The maximum absolute atomic E-state index is 13.4. The highest BCUT2D eigenvalue weighted by Crippen LogP contribution is 2.19. The van der Waals surface area contributed by atoms with Crippen LogP contribution < -0.4 is 5.32 Å². The molecule has 3 rings (SSSR count). The largest absolute Gasteiger partial charge is 0.357 e. The second-order valence-corrected chi connectivity index (χ2v) is 8.93. The Morgan fingerprint density at radius 3 is 2.18 bits per heavy atom. The van der Waals surface area contributed by atoms with E-state index in [4.69, 9.17) is 0 Å². The van der Waals surface area contributed by atoms with E-state index in [1.807, 2.05) is 61.5 Å². The first kappa shape index (κ1) is 24.5. The Morgan fingerprint density at radius 2 is 1.55 bits per heavy atom. The number of hydrogen-bond donors (Lipinski definition) is 1. The van der Waals surface area contributed by atoms with Crippen molar-refractivity contribution in [2.75, 3.05) is 12.8 Å². The van der Waals surface area contributed by atoms with Crippen molar-refractivity contribution in [3.05, 3.63) is 107 Å². The molecule has 0 saturated heterocycles. The lowest BCUT2D eigenvalue weighted by Gasteiger charge is -2.31. The molecule has 3 aromatic rings. The second-order valence-electron chi connectivity index (χ2n) is 7.95. The highest BCUT2D eigenvalue weighted by atomic mass is 32.2. The SMILES string of the molecule is CNC(=O)[C@H](Cc1ccccc1)N(Cc1ccc(C)cc1)C(=O)CSCc1ccc(F)cc1. The van der Waals surface area contributed by atoms with Crippen molar-refractivity contribution in [3.63, 3.8) is 0 Å². The van der Waals surface area contributed by atoms with Crippen LogP contribution in [0.3, 0.4) is 0 Å². The molecule has 1 N–H and O–H groups in total. The van der Waals surface area contributed by atoms with Crippen LogP contribution in [0.5, 0.6) is 0 Å². The summed E-state index contributed by atoms with van der Waals surface area (Å²) in [7, 11) is 1.60. The van der Waals surface area contributed by atoms with Gasteiger partial charge in [-0.2, -0.15) is 0 Å². The van der Waals surface area contributed by atoms with Crippen LogP contribution in [0.15, 0.2) is 78.9 Å². The summed E-state index contributed by atoms with van der Waals surface area (Å²) in [6, 6.07) is 23.4. The fourth-order valence-electron chi connectivity index (χ4n) is 3.53. The van der Waals surface area contributed by atoms with Crippen LogP contribution in [0.25, 0.3) is 0 Å². The van der Waals surface area contributed by atoms with Crippen molar-refractivity contribution >= 4 is 23.6 Å². The molecule has 0 spiro atoms.